The highest BCUT2D eigenvalue weighted by Crippen LogP contribution is 2.04. The van der Waals surface area contributed by atoms with E-state index in [-0.39, 0.29) is 24.9 Å². The molecule has 8 nitrogen and oxygen atoms in total. The van der Waals surface area contributed by atoms with Gasteiger partial charge in [-0.1, -0.05) is 23.4 Å². The van der Waals surface area contributed by atoms with Crippen LogP contribution in [-0.2, 0) is 11.3 Å². The number of rotatable bonds is 6. The molecule has 0 spiro atoms. The molecule has 0 unspecified atom stereocenters. The molecule has 8 heteroatoms. The van der Waals surface area contributed by atoms with Gasteiger partial charge in [-0.05, 0) is 24.3 Å². The van der Waals surface area contributed by atoms with Crippen LogP contribution in [0.3, 0.4) is 0 Å². The molecule has 0 aliphatic rings. The van der Waals surface area contributed by atoms with Crippen molar-refractivity contribution in [3.63, 3.8) is 0 Å². The maximum absolute atomic E-state index is 11.9. The van der Waals surface area contributed by atoms with Crippen LogP contribution in [0.1, 0.15) is 16.1 Å². The Morgan fingerprint density at radius 1 is 1.00 bits per heavy atom. The van der Waals surface area contributed by atoms with Gasteiger partial charge in [-0.2, -0.15) is 0 Å². The number of carbonyl (C=O) groups is 2. The average molecular weight is 336 g/mol. The van der Waals surface area contributed by atoms with Crippen molar-refractivity contribution in [3.05, 3.63) is 72.3 Å². The summed E-state index contributed by atoms with van der Waals surface area (Å²) in [6.45, 7) is 0.122. The van der Waals surface area contributed by atoms with E-state index in [1.807, 2.05) is 6.07 Å². The van der Waals surface area contributed by atoms with Gasteiger partial charge in [0.25, 0.3) is 5.91 Å². The Hall–Kier alpha value is -3.55. The van der Waals surface area contributed by atoms with Crippen LogP contribution in [0.25, 0.3) is 5.69 Å². The summed E-state index contributed by atoms with van der Waals surface area (Å²) in [6, 6.07) is 12.3. The molecular formula is C17H16N6O2. The molecule has 126 valence electrons. The molecule has 3 aromatic rings. The molecule has 2 aromatic heterocycles. The summed E-state index contributed by atoms with van der Waals surface area (Å²) in [5.41, 5.74) is 1.95. The number of hydrogen-bond donors (Lipinski definition) is 2. The fourth-order valence-electron chi connectivity index (χ4n) is 2.11. The number of carbonyl (C=O) groups excluding carboxylic acids is 2. The molecule has 0 fully saturated rings. The van der Waals surface area contributed by atoms with Crippen LogP contribution in [0.4, 0.5) is 0 Å². The van der Waals surface area contributed by atoms with E-state index in [4.69, 9.17) is 0 Å². The molecule has 0 aliphatic heterocycles. The minimum absolute atomic E-state index is 0.105. The van der Waals surface area contributed by atoms with Gasteiger partial charge in [0.1, 0.15) is 5.69 Å². The van der Waals surface area contributed by atoms with Crippen molar-refractivity contribution >= 4 is 11.8 Å². The zero-order valence-corrected chi connectivity index (χ0v) is 13.3. The number of amides is 2. The van der Waals surface area contributed by atoms with Crippen molar-refractivity contribution in [1.82, 2.24) is 30.6 Å². The molecule has 3 rings (SSSR count). The fourth-order valence-corrected chi connectivity index (χ4v) is 2.11. The standard InChI is InChI=1S/C17H16N6O2/c24-16(11-20-17(25)13-4-2-1-3-5-13)19-10-14-12-23(22-21-14)15-6-8-18-9-7-15/h1-9,12H,10-11H2,(H,19,24)(H,20,25). The number of aromatic nitrogens is 4. The molecule has 0 saturated heterocycles. The van der Waals surface area contributed by atoms with Crippen LogP contribution in [-0.4, -0.2) is 38.3 Å². The maximum atomic E-state index is 11.9. The second kappa shape index (κ2) is 7.82. The Balaban J connectivity index is 1.47. The number of benzene rings is 1. The fraction of sp³-hybridized carbons (Fsp3) is 0.118. The monoisotopic (exact) mass is 336 g/mol. The van der Waals surface area contributed by atoms with Gasteiger partial charge < -0.3 is 10.6 Å². The third kappa shape index (κ3) is 4.47. The maximum Gasteiger partial charge on any atom is 0.251 e. The van der Waals surface area contributed by atoms with Gasteiger partial charge in [-0.3, -0.25) is 14.6 Å². The van der Waals surface area contributed by atoms with Gasteiger partial charge in [0, 0.05) is 18.0 Å². The first-order valence-electron chi connectivity index (χ1n) is 7.64. The van der Waals surface area contributed by atoms with E-state index in [0.717, 1.165) is 5.69 Å². The topological polar surface area (TPSA) is 102 Å². The van der Waals surface area contributed by atoms with Gasteiger partial charge in [0.2, 0.25) is 5.91 Å². The van der Waals surface area contributed by atoms with E-state index < -0.39 is 0 Å². The van der Waals surface area contributed by atoms with Crippen LogP contribution >= 0.6 is 0 Å². The molecule has 0 bridgehead atoms. The predicted octanol–water partition coefficient (Wildman–Crippen LogP) is 0.708. The Morgan fingerprint density at radius 3 is 2.52 bits per heavy atom. The minimum Gasteiger partial charge on any atom is -0.349 e. The van der Waals surface area contributed by atoms with E-state index in [1.54, 1.807) is 59.7 Å². The first kappa shape index (κ1) is 16.3. The molecule has 0 saturated carbocycles. The molecular weight excluding hydrogens is 320 g/mol. The molecule has 2 heterocycles. The van der Waals surface area contributed by atoms with E-state index in [1.165, 1.54) is 0 Å². The number of nitrogens with zero attached hydrogens (tertiary/aromatic N) is 4. The first-order chi connectivity index (χ1) is 12.2. The van der Waals surface area contributed by atoms with Crippen LogP contribution in [0, 0.1) is 0 Å². The number of nitrogens with one attached hydrogen (secondary N) is 2. The molecule has 2 amide bonds. The quantitative estimate of drug-likeness (QED) is 0.690. The highest BCUT2D eigenvalue weighted by molar-refractivity contribution is 5.96. The van der Waals surface area contributed by atoms with Crippen LogP contribution in [0.5, 0.6) is 0 Å². The third-order valence-electron chi connectivity index (χ3n) is 3.38. The minimum atomic E-state index is -0.303. The first-order valence-corrected chi connectivity index (χ1v) is 7.64. The van der Waals surface area contributed by atoms with Gasteiger partial charge >= 0.3 is 0 Å². The van der Waals surface area contributed by atoms with Crippen LogP contribution in [0.2, 0.25) is 0 Å². The molecule has 0 radical (unpaired) electrons. The lowest BCUT2D eigenvalue weighted by Gasteiger charge is -2.05. The van der Waals surface area contributed by atoms with E-state index in [9.17, 15) is 9.59 Å². The van der Waals surface area contributed by atoms with E-state index in [0.29, 0.717) is 11.3 Å². The van der Waals surface area contributed by atoms with Crippen molar-refractivity contribution in [2.45, 2.75) is 6.54 Å². The highest BCUT2D eigenvalue weighted by atomic mass is 16.2. The number of pyridine rings is 1. The Morgan fingerprint density at radius 2 is 1.76 bits per heavy atom. The molecule has 0 aliphatic carbocycles. The Kier molecular flexibility index (Phi) is 5.10. The van der Waals surface area contributed by atoms with Crippen molar-refractivity contribution in [2.24, 2.45) is 0 Å². The average Bonchev–Trinajstić information content (AvgIpc) is 3.15. The largest absolute Gasteiger partial charge is 0.349 e. The summed E-state index contributed by atoms with van der Waals surface area (Å²) in [6.07, 6.45) is 5.04. The summed E-state index contributed by atoms with van der Waals surface area (Å²) in [7, 11) is 0. The lowest BCUT2D eigenvalue weighted by Crippen LogP contribution is -2.36. The predicted molar refractivity (Wildman–Crippen MR) is 89.8 cm³/mol. The second-order valence-electron chi connectivity index (χ2n) is 5.19. The Labute approximate surface area is 143 Å². The summed E-state index contributed by atoms with van der Waals surface area (Å²) < 4.78 is 1.60. The Bertz CT molecular complexity index is 848. The summed E-state index contributed by atoms with van der Waals surface area (Å²) in [4.78, 5) is 27.6. The van der Waals surface area contributed by atoms with Crippen molar-refractivity contribution in [3.8, 4) is 5.69 Å². The third-order valence-corrected chi connectivity index (χ3v) is 3.38. The smallest absolute Gasteiger partial charge is 0.251 e. The number of hydrogen-bond acceptors (Lipinski definition) is 5. The molecule has 0 atom stereocenters. The molecule has 25 heavy (non-hydrogen) atoms. The summed E-state index contributed by atoms with van der Waals surface area (Å²) in [5.74, 6) is -0.595. The van der Waals surface area contributed by atoms with Crippen LogP contribution in [0.15, 0.2) is 61.1 Å². The molecule has 1 aromatic carbocycles. The van der Waals surface area contributed by atoms with E-state index >= 15 is 0 Å². The van der Waals surface area contributed by atoms with Crippen molar-refractivity contribution < 1.29 is 9.59 Å². The lowest BCUT2D eigenvalue weighted by atomic mass is 10.2. The summed E-state index contributed by atoms with van der Waals surface area (Å²) >= 11 is 0. The van der Waals surface area contributed by atoms with Crippen molar-refractivity contribution in [1.29, 1.82) is 0 Å². The molecule has 2 N–H and O–H groups in total. The highest BCUT2D eigenvalue weighted by Gasteiger charge is 2.08. The van der Waals surface area contributed by atoms with Crippen LogP contribution < -0.4 is 10.6 Å². The normalized spacial score (nSPS) is 10.2. The lowest BCUT2D eigenvalue weighted by molar-refractivity contribution is -0.120. The van der Waals surface area contributed by atoms with Gasteiger partial charge in [0.15, 0.2) is 0 Å². The second-order valence-corrected chi connectivity index (χ2v) is 5.19. The van der Waals surface area contributed by atoms with Gasteiger partial charge in [-0.25, -0.2) is 4.68 Å². The van der Waals surface area contributed by atoms with Gasteiger partial charge in [-0.15, -0.1) is 5.10 Å². The van der Waals surface area contributed by atoms with E-state index in [2.05, 4.69) is 25.9 Å². The zero-order valence-electron chi connectivity index (χ0n) is 13.3. The SMILES string of the molecule is O=C(CNC(=O)c1ccccc1)NCc1cn(-c2ccncc2)nn1. The van der Waals surface area contributed by atoms with Crippen molar-refractivity contribution in [2.75, 3.05) is 6.54 Å². The summed E-state index contributed by atoms with van der Waals surface area (Å²) in [5, 5.41) is 13.2. The zero-order chi connectivity index (χ0) is 17.5. The van der Waals surface area contributed by atoms with Gasteiger partial charge in [0.05, 0.1) is 25.0 Å².